The molecule has 1 rings (SSSR count). The first-order valence-corrected chi connectivity index (χ1v) is 4.49. The van der Waals surface area contributed by atoms with Crippen molar-refractivity contribution in [3.8, 4) is 0 Å². The number of rotatable bonds is 4. The van der Waals surface area contributed by atoms with Crippen molar-refractivity contribution >= 4 is 0 Å². The topological polar surface area (TPSA) is 38.0 Å². The van der Waals surface area contributed by atoms with Crippen LogP contribution in [0.15, 0.2) is 36.4 Å². The molecule has 1 aromatic rings. The summed E-state index contributed by atoms with van der Waals surface area (Å²) in [4.78, 5) is 0. The van der Waals surface area contributed by atoms with Crippen LogP contribution in [0.2, 0.25) is 0 Å². The summed E-state index contributed by atoms with van der Waals surface area (Å²) in [6, 6.07) is 6.49. The number of hydrogen-bond acceptors (Lipinski definition) is 2. The van der Waals surface area contributed by atoms with Crippen molar-refractivity contribution in [2.24, 2.45) is 5.84 Å². The summed E-state index contributed by atoms with van der Waals surface area (Å²) in [6.07, 6.45) is 0.656. The highest BCUT2D eigenvalue weighted by Gasteiger charge is 2.08. The molecule has 0 spiro atoms. The van der Waals surface area contributed by atoms with Crippen LogP contribution in [0, 0.1) is 5.82 Å². The fraction of sp³-hybridized carbons (Fsp3) is 0.273. The Bertz CT molecular complexity index is 323. The highest BCUT2D eigenvalue weighted by atomic mass is 19.1. The molecule has 1 unspecified atom stereocenters. The summed E-state index contributed by atoms with van der Waals surface area (Å²) in [5.74, 6) is 5.13. The van der Waals surface area contributed by atoms with Crippen molar-refractivity contribution < 1.29 is 4.39 Å². The van der Waals surface area contributed by atoms with E-state index >= 15 is 0 Å². The quantitative estimate of drug-likeness (QED) is 0.435. The van der Waals surface area contributed by atoms with Gasteiger partial charge in [0.15, 0.2) is 0 Å². The molecule has 0 bridgehead atoms. The maximum atomic E-state index is 12.8. The molecule has 0 aliphatic carbocycles. The van der Waals surface area contributed by atoms with Crippen LogP contribution in [0.25, 0.3) is 0 Å². The average Bonchev–Trinajstić information content (AvgIpc) is 2.14. The molecule has 0 aromatic heterocycles. The van der Waals surface area contributed by atoms with Crippen LogP contribution in [-0.2, 0) is 6.42 Å². The van der Waals surface area contributed by atoms with Crippen LogP contribution < -0.4 is 11.3 Å². The lowest BCUT2D eigenvalue weighted by molar-refractivity contribution is 0.584. The van der Waals surface area contributed by atoms with E-state index in [2.05, 4.69) is 12.0 Å². The largest absolute Gasteiger partial charge is 0.271 e. The van der Waals surface area contributed by atoms with Gasteiger partial charge in [0.25, 0.3) is 0 Å². The molecule has 0 fully saturated rings. The molecular weight excluding hydrogens is 179 g/mol. The maximum Gasteiger partial charge on any atom is 0.123 e. The van der Waals surface area contributed by atoms with Crippen LogP contribution in [0.3, 0.4) is 0 Å². The van der Waals surface area contributed by atoms with Crippen LogP contribution in [0.5, 0.6) is 0 Å². The molecule has 3 N–H and O–H groups in total. The zero-order valence-corrected chi connectivity index (χ0v) is 8.26. The van der Waals surface area contributed by atoms with Crippen molar-refractivity contribution in [2.75, 3.05) is 0 Å². The molecule has 76 valence electrons. The molecule has 0 saturated carbocycles. The monoisotopic (exact) mass is 194 g/mol. The van der Waals surface area contributed by atoms with Crippen molar-refractivity contribution in [1.82, 2.24) is 5.43 Å². The first kappa shape index (κ1) is 10.9. The second kappa shape index (κ2) is 4.88. The Kier molecular flexibility index (Phi) is 3.80. The highest BCUT2D eigenvalue weighted by Crippen LogP contribution is 2.09. The predicted molar refractivity (Wildman–Crippen MR) is 56.0 cm³/mol. The summed E-state index contributed by atoms with van der Waals surface area (Å²) in [7, 11) is 0. The van der Waals surface area contributed by atoms with Gasteiger partial charge in [0, 0.05) is 6.04 Å². The predicted octanol–water partition coefficient (Wildman–Crippen LogP) is 1.78. The van der Waals surface area contributed by atoms with Gasteiger partial charge in [-0.3, -0.25) is 11.3 Å². The van der Waals surface area contributed by atoms with Gasteiger partial charge in [0.05, 0.1) is 0 Å². The van der Waals surface area contributed by atoms with E-state index in [1.165, 1.54) is 12.1 Å². The number of hydrogen-bond donors (Lipinski definition) is 2. The minimum absolute atomic E-state index is 0.00296. The van der Waals surface area contributed by atoms with E-state index in [1.807, 2.05) is 13.0 Å². The lowest BCUT2D eigenvalue weighted by Gasteiger charge is -2.15. The molecular formula is C11H15FN2. The molecule has 0 radical (unpaired) electrons. The van der Waals surface area contributed by atoms with Crippen LogP contribution >= 0.6 is 0 Å². The van der Waals surface area contributed by atoms with Gasteiger partial charge in [-0.15, -0.1) is 0 Å². The third kappa shape index (κ3) is 2.94. The molecule has 0 heterocycles. The molecule has 0 aliphatic heterocycles. The van der Waals surface area contributed by atoms with Gasteiger partial charge in [-0.2, -0.15) is 0 Å². The average molecular weight is 194 g/mol. The second-order valence-corrected chi connectivity index (χ2v) is 3.40. The van der Waals surface area contributed by atoms with E-state index in [9.17, 15) is 4.39 Å². The van der Waals surface area contributed by atoms with Gasteiger partial charge < -0.3 is 0 Å². The molecule has 1 atom stereocenters. The minimum atomic E-state index is -0.222. The number of nitrogens with two attached hydrogens (primary N) is 1. The van der Waals surface area contributed by atoms with E-state index in [0.29, 0.717) is 6.42 Å². The Morgan fingerprint density at radius 2 is 2.36 bits per heavy atom. The van der Waals surface area contributed by atoms with Gasteiger partial charge in [-0.25, -0.2) is 4.39 Å². The summed E-state index contributed by atoms with van der Waals surface area (Å²) in [6.45, 7) is 5.70. The van der Waals surface area contributed by atoms with E-state index in [-0.39, 0.29) is 11.9 Å². The van der Waals surface area contributed by atoms with E-state index in [0.717, 1.165) is 11.1 Å². The highest BCUT2D eigenvalue weighted by molar-refractivity contribution is 5.20. The number of nitrogens with one attached hydrogen (secondary N) is 1. The minimum Gasteiger partial charge on any atom is -0.271 e. The van der Waals surface area contributed by atoms with Crippen molar-refractivity contribution in [3.63, 3.8) is 0 Å². The fourth-order valence-corrected chi connectivity index (χ4v) is 1.28. The van der Waals surface area contributed by atoms with Gasteiger partial charge in [0.1, 0.15) is 5.82 Å². The zero-order valence-electron chi connectivity index (χ0n) is 8.26. The van der Waals surface area contributed by atoms with E-state index < -0.39 is 0 Å². The third-order valence-corrected chi connectivity index (χ3v) is 2.12. The lowest BCUT2D eigenvalue weighted by atomic mass is 10.0. The Hall–Kier alpha value is -1.19. The Balaban J connectivity index is 2.72. The Morgan fingerprint density at radius 3 is 2.86 bits per heavy atom. The molecule has 1 aromatic carbocycles. The van der Waals surface area contributed by atoms with E-state index in [1.54, 1.807) is 6.07 Å². The Labute approximate surface area is 83.6 Å². The van der Waals surface area contributed by atoms with Crippen molar-refractivity contribution in [3.05, 3.63) is 47.8 Å². The SMILES string of the molecule is C=C(C)C(Cc1cccc(F)c1)NN. The molecule has 0 amide bonds. The van der Waals surface area contributed by atoms with Crippen molar-refractivity contribution in [1.29, 1.82) is 0 Å². The maximum absolute atomic E-state index is 12.8. The normalized spacial score (nSPS) is 12.5. The first-order chi connectivity index (χ1) is 6.63. The second-order valence-electron chi connectivity index (χ2n) is 3.40. The van der Waals surface area contributed by atoms with Crippen molar-refractivity contribution in [2.45, 2.75) is 19.4 Å². The van der Waals surface area contributed by atoms with Gasteiger partial charge in [0.2, 0.25) is 0 Å². The molecule has 0 saturated heterocycles. The number of halogens is 1. The summed E-state index contributed by atoms with van der Waals surface area (Å²) in [5.41, 5.74) is 4.50. The van der Waals surface area contributed by atoms with Gasteiger partial charge >= 0.3 is 0 Å². The summed E-state index contributed by atoms with van der Waals surface area (Å²) >= 11 is 0. The summed E-state index contributed by atoms with van der Waals surface area (Å²) < 4.78 is 12.8. The fourth-order valence-electron chi connectivity index (χ4n) is 1.28. The Morgan fingerprint density at radius 1 is 1.64 bits per heavy atom. The molecule has 3 heteroatoms. The molecule has 0 aliphatic rings. The lowest BCUT2D eigenvalue weighted by Crippen LogP contribution is -2.37. The smallest absolute Gasteiger partial charge is 0.123 e. The van der Waals surface area contributed by atoms with Gasteiger partial charge in [-0.1, -0.05) is 24.3 Å². The molecule has 14 heavy (non-hydrogen) atoms. The van der Waals surface area contributed by atoms with Crippen LogP contribution in [0.1, 0.15) is 12.5 Å². The van der Waals surface area contributed by atoms with Crippen LogP contribution in [-0.4, -0.2) is 6.04 Å². The van der Waals surface area contributed by atoms with E-state index in [4.69, 9.17) is 5.84 Å². The number of benzene rings is 1. The number of hydrazine groups is 1. The van der Waals surface area contributed by atoms with Crippen LogP contribution in [0.4, 0.5) is 4.39 Å². The zero-order chi connectivity index (χ0) is 10.6. The van der Waals surface area contributed by atoms with Gasteiger partial charge in [-0.05, 0) is 31.0 Å². The first-order valence-electron chi connectivity index (χ1n) is 4.49. The third-order valence-electron chi connectivity index (χ3n) is 2.12. The summed E-state index contributed by atoms with van der Waals surface area (Å²) in [5, 5.41) is 0. The standard InChI is InChI=1S/C11H15FN2/c1-8(2)11(14-13)7-9-4-3-5-10(12)6-9/h3-6,11,14H,1,7,13H2,2H3. The molecule has 2 nitrogen and oxygen atoms in total.